The Morgan fingerprint density at radius 1 is 0.889 bits per heavy atom. The predicted molar refractivity (Wildman–Crippen MR) is 173 cm³/mol. The number of halogens is 2. The van der Waals surface area contributed by atoms with Crippen molar-refractivity contribution in [1.82, 2.24) is 33.9 Å². The molecule has 0 aliphatic carbocycles. The summed E-state index contributed by atoms with van der Waals surface area (Å²) in [5, 5.41) is 16.0. The molecule has 45 heavy (non-hydrogen) atoms. The van der Waals surface area contributed by atoms with Crippen LogP contribution in [0.5, 0.6) is 0 Å². The summed E-state index contributed by atoms with van der Waals surface area (Å²) in [6.45, 7) is 5.24. The van der Waals surface area contributed by atoms with Crippen molar-refractivity contribution in [2.45, 2.75) is 39.0 Å². The number of imidazole rings is 2. The van der Waals surface area contributed by atoms with Crippen LogP contribution in [0, 0.1) is 0 Å². The van der Waals surface area contributed by atoms with E-state index in [9.17, 15) is 14.7 Å². The Bertz CT molecular complexity index is 1800. The number of nitrogens with one attached hydrogen (secondary N) is 2. The van der Waals surface area contributed by atoms with Crippen LogP contribution in [0.25, 0.3) is 11.3 Å². The largest absolute Gasteiger partial charge is 0.392 e. The van der Waals surface area contributed by atoms with Crippen molar-refractivity contribution in [3.05, 3.63) is 74.9 Å². The van der Waals surface area contributed by atoms with Gasteiger partial charge in [-0.1, -0.05) is 35.3 Å². The van der Waals surface area contributed by atoms with Crippen LogP contribution in [-0.4, -0.2) is 83.6 Å². The molecule has 2 aliphatic heterocycles. The zero-order valence-electron chi connectivity index (χ0n) is 25.6. The van der Waals surface area contributed by atoms with Crippen molar-refractivity contribution in [2.24, 2.45) is 14.1 Å². The Kier molecular flexibility index (Phi) is 8.68. The van der Waals surface area contributed by atoms with Crippen molar-refractivity contribution in [1.29, 1.82) is 0 Å². The lowest BCUT2D eigenvalue weighted by atomic mass is 10.1. The number of hydrogen-bond donors (Lipinski definition) is 3. The fourth-order valence-electron chi connectivity index (χ4n) is 6.07. The fraction of sp³-hybridized carbons (Fsp3) is 0.387. The number of pyridine rings is 1. The normalized spacial score (nSPS) is 15.8. The van der Waals surface area contributed by atoms with Crippen LogP contribution in [0.1, 0.15) is 50.9 Å². The average molecular weight is 653 g/mol. The maximum atomic E-state index is 13.4. The Balaban J connectivity index is 1.22. The number of hydrogen-bond acceptors (Lipinski definition) is 8. The highest BCUT2D eigenvalue weighted by molar-refractivity contribution is 6.39. The highest BCUT2D eigenvalue weighted by Gasteiger charge is 2.27. The first-order chi connectivity index (χ1) is 21.5. The number of β-amino-alcohol motifs (C(OH)–C–C–N with tert-alkyl or cyclic N) is 1. The highest BCUT2D eigenvalue weighted by atomic mass is 35.5. The SMILES string of the molecule is CC(O)CN1CCc2c(nc(C(=O)Nc3cccc(-c4nccc(NC(=O)c5nc6c(n5C)CCN(C)C6)c4Cl)c3Cl)n2C)C1. The molecule has 5 heterocycles. The molecule has 0 bridgehead atoms. The number of benzene rings is 1. The quantitative estimate of drug-likeness (QED) is 0.275. The van der Waals surface area contributed by atoms with Gasteiger partial charge in [0.05, 0.1) is 44.6 Å². The summed E-state index contributed by atoms with van der Waals surface area (Å²) in [5.74, 6) is -0.215. The molecule has 12 nitrogen and oxygen atoms in total. The highest BCUT2D eigenvalue weighted by Crippen LogP contribution is 2.39. The van der Waals surface area contributed by atoms with E-state index in [2.05, 4.69) is 35.4 Å². The number of rotatable bonds is 7. The number of carbonyl (C=O) groups is 2. The lowest BCUT2D eigenvalue weighted by Gasteiger charge is -2.27. The molecule has 0 saturated heterocycles. The first-order valence-electron chi connectivity index (χ1n) is 14.8. The number of amides is 2. The van der Waals surface area contributed by atoms with Gasteiger partial charge in [0, 0.05) is 82.8 Å². The second kappa shape index (κ2) is 12.5. The standard InChI is InChI=1S/C31H35Cl2N9O3/c1-17(43)14-42-13-10-24-22(16-42)36-29(41(24)4)30(44)37-19-7-5-6-18(25(19)32)27-26(33)20(8-11-34-27)38-31(45)28-35-21-15-39(2)12-9-23(21)40(28)3/h5-8,11,17,43H,9-10,12-16H2,1-4H3,(H,37,44)(H,34,38,45). The van der Waals surface area contributed by atoms with E-state index in [0.717, 1.165) is 48.7 Å². The third-order valence-corrected chi connectivity index (χ3v) is 9.14. The predicted octanol–water partition coefficient (Wildman–Crippen LogP) is 3.75. The number of aliphatic hydroxyl groups is 1. The first kappa shape index (κ1) is 31.2. The first-order valence-corrected chi connectivity index (χ1v) is 15.5. The van der Waals surface area contributed by atoms with E-state index in [4.69, 9.17) is 23.2 Å². The minimum Gasteiger partial charge on any atom is -0.392 e. The third kappa shape index (κ3) is 6.08. The minimum absolute atomic E-state index is 0.202. The van der Waals surface area contributed by atoms with Crippen molar-refractivity contribution in [3.63, 3.8) is 0 Å². The second-order valence-electron chi connectivity index (χ2n) is 11.7. The van der Waals surface area contributed by atoms with Gasteiger partial charge in [0.1, 0.15) is 0 Å². The summed E-state index contributed by atoms with van der Waals surface area (Å²) in [6.07, 6.45) is 2.64. The van der Waals surface area contributed by atoms with Gasteiger partial charge < -0.3 is 29.8 Å². The number of fused-ring (bicyclic) bond motifs is 2. The summed E-state index contributed by atoms with van der Waals surface area (Å²) >= 11 is 13.6. The van der Waals surface area contributed by atoms with Gasteiger partial charge in [0.25, 0.3) is 11.8 Å². The molecular formula is C31H35Cl2N9O3. The Morgan fingerprint density at radius 3 is 2.13 bits per heavy atom. The molecule has 14 heteroatoms. The van der Waals surface area contributed by atoms with E-state index < -0.39 is 12.0 Å². The van der Waals surface area contributed by atoms with E-state index in [1.165, 1.54) is 6.20 Å². The van der Waals surface area contributed by atoms with Gasteiger partial charge in [-0.15, -0.1) is 0 Å². The van der Waals surface area contributed by atoms with E-state index >= 15 is 0 Å². The summed E-state index contributed by atoms with van der Waals surface area (Å²) in [4.78, 5) is 44.7. The Hall–Kier alpha value is -3.81. The topological polar surface area (TPSA) is 133 Å². The number of carbonyl (C=O) groups excluding carboxylic acids is 2. The monoisotopic (exact) mass is 651 g/mol. The van der Waals surface area contributed by atoms with Crippen LogP contribution in [-0.2, 0) is 40.0 Å². The molecule has 0 fully saturated rings. The smallest absolute Gasteiger partial charge is 0.291 e. The number of aliphatic hydroxyl groups excluding tert-OH is 1. The zero-order valence-corrected chi connectivity index (χ0v) is 27.1. The van der Waals surface area contributed by atoms with Crippen molar-refractivity contribution in [2.75, 3.05) is 37.3 Å². The molecule has 3 N–H and O–H groups in total. The molecule has 4 aromatic rings. The molecular weight excluding hydrogens is 617 g/mol. The molecule has 236 valence electrons. The molecule has 0 saturated carbocycles. The van der Waals surface area contributed by atoms with Gasteiger partial charge in [0.15, 0.2) is 11.6 Å². The summed E-state index contributed by atoms with van der Waals surface area (Å²) in [7, 11) is 5.70. The van der Waals surface area contributed by atoms with Gasteiger partial charge >= 0.3 is 0 Å². The molecule has 0 radical (unpaired) electrons. The summed E-state index contributed by atoms with van der Waals surface area (Å²) in [5.41, 5.74) is 5.32. The molecule has 2 aliphatic rings. The third-order valence-electron chi connectivity index (χ3n) is 8.35. The van der Waals surface area contributed by atoms with Gasteiger partial charge in [0.2, 0.25) is 0 Å². The minimum atomic E-state index is -0.444. The summed E-state index contributed by atoms with van der Waals surface area (Å²) in [6, 6.07) is 6.80. The van der Waals surface area contributed by atoms with Crippen molar-refractivity contribution < 1.29 is 14.7 Å². The zero-order chi connectivity index (χ0) is 32.0. The maximum Gasteiger partial charge on any atom is 0.291 e. The number of likely N-dealkylation sites (N-methyl/N-ethyl adjacent to an activating group) is 1. The van der Waals surface area contributed by atoms with Crippen LogP contribution in [0.2, 0.25) is 10.0 Å². The van der Waals surface area contributed by atoms with Crippen LogP contribution >= 0.6 is 23.2 Å². The summed E-state index contributed by atoms with van der Waals surface area (Å²) < 4.78 is 3.64. The molecule has 2 amide bonds. The van der Waals surface area contributed by atoms with Crippen LogP contribution in [0.3, 0.4) is 0 Å². The molecule has 1 aromatic carbocycles. The van der Waals surface area contributed by atoms with Crippen molar-refractivity contribution >= 4 is 46.4 Å². The van der Waals surface area contributed by atoms with Crippen molar-refractivity contribution in [3.8, 4) is 11.3 Å². The molecule has 6 rings (SSSR count). The average Bonchev–Trinajstić information content (AvgIpc) is 3.50. The molecule has 3 aromatic heterocycles. The maximum absolute atomic E-state index is 13.4. The van der Waals surface area contributed by atoms with Gasteiger partial charge in [-0.05, 0) is 26.1 Å². The fourth-order valence-corrected chi connectivity index (χ4v) is 6.60. The Morgan fingerprint density at radius 2 is 1.49 bits per heavy atom. The Labute approximate surface area is 271 Å². The number of nitrogens with zero attached hydrogens (tertiary/aromatic N) is 7. The van der Waals surface area contributed by atoms with Crippen LogP contribution in [0.4, 0.5) is 11.4 Å². The molecule has 1 unspecified atom stereocenters. The van der Waals surface area contributed by atoms with E-state index in [0.29, 0.717) is 48.1 Å². The van der Waals surface area contributed by atoms with Gasteiger partial charge in [-0.3, -0.25) is 19.5 Å². The van der Waals surface area contributed by atoms with Crippen LogP contribution in [0.15, 0.2) is 30.5 Å². The second-order valence-corrected chi connectivity index (χ2v) is 12.4. The number of anilines is 2. The van der Waals surface area contributed by atoms with E-state index in [-0.39, 0.29) is 21.8 Å². The molecule has 1 atom stereocenters. The lowest BCUT2D eigenvalue weighted by molar-refractivity contribution is 0.100. The lowest BCUT2D eigenvalue weighted by Crippen LogP contribution is -2.36. The number of aromatic nitrogens is 5. The van der Waals surface area contributed by atoms with Gasteiger partial charge in [-0.25, -0.2) is 9.97 Å². The van der Waals surface area contributed by atoms with E-state index in [1.54, 1.807) is 31.2 Å². The van der Waals surface area contributed by atoms with E-state index in [1.807, 2.05) is 30.3 Å². The van der Waals surface area contributed by atoms with Crippen LogP contribution < -0.4 is 10.6 Å². The van der Waals surface area contributed by atoms with Gasteiger partial charge in [-0.2, -0.15) is 0 Å². The molecule has 0 spiro atoms.